The molecule has 0 aliphatic rings. The summed E-state index contributed by atoms with van der Waals surface area (Å²) in [6, 6.07) is -5.43. The largest absolute Gasteiger partial charge is 0.481 e. The number of carboxylic acids is 2. The highest BCUT2D eigenvalue weighted by Crippen LogP contribution is 2.05. The monoisotopic (exact) mass is 548 g/mol. The standard InChI is InChI=1S/C20H36N8O8S/c1-37-8-6-10(21)16(32)26-11(4-5-14(22)29)17(33)28-13(9-15(30)31)18(34)27-12(19(35)36)3-2-7-25-20(23)24/h10-13H,2-9,21H2,1H3,(H2,22,29)(H,26,32)(H,27,34)(H,28,33)(H,30,31)(H,35,36)(H4,23,24,25). The maximum absolute atomic E-state index is 12.9. The number of nitrogens with one attached hydrogen (secondary N) is 3. The second-order valence-corrected chi connectivity index (χ2v) is 8.95. The number of amides is 4. The zero-order chi connectivity index (χ0) is 28.5. The molecule has 0 aromatic carbocycles. The average molecular weight is 549 g/mol. The molecule has 0 bridgehead atoms. The second kappa shape index (κ2) is 17.8. The van der Waals surface area contributed by atoms with Crippen LogP contribution in [-0.2, 0) is 28.8 Å². The molecule has 0 fully saturated rings. The van der Waals surface area contributed by atoms with Crippen molar-refractivity contribution < 1.29 is 39.0 Å². The lowest BCUT2D eigenvalue weighted by molar-refractivity contribution is -0.143. The molecule has 210 valence electrons. The van der Waals surface area contributed by atoms with Gasteiger partial charge in [0.25, 0.3) is 0 Å². The van der Waals surface area contributed by atoms with Crippen molar-refractivity contribution in [3.63, 3.8) is 0 Å². The van der Waals surface area contributed by atoms with Crippen LogP contribution in [0.3, 0.4) is 0 Å². The van der Waals surface area contributed by atoms with Gasteiger partial charge in [-0.05, 0) is 37.7 Å². The summed E-state index contributed by atoms with van der Waals surface area (Å²) in [4.78, 5) is 75.7. The highest BCUT2D eigenvalue weighted by atomic mass is 32.2. The van der Waals surface area contributed by atoms with Crippen LogP contribution in [0.25, 0.3) is 0 Å². The van der Waals surface area contributed by atoms with Gasteiger partial charge in [0.05, 0.1) is 12.5 Å². The Morgan fingerprint density at radius 1 is 0.838 bits per heavy atom. The van der Waals surface area contributed by atoms with Gasteiger partial charge in [-0.2, -0.15) is 11.8 Å². The van der Waals surface area contributed by atoms with E-state index in [0.717, 1.165) is 0 Å². The van der Waals surface area contributed by atoms with Crippen LogP contribution >= 0.6 is 11.8 Å². The summed E-state index contributed by atoms with van der Waals surface area (Å²) in [5, 5.41) is 25.3. The minimum atomic E-state index is -1.69. The highest BCUT2D eigenvalue weighted by Gasteiger charge is 2.31. The minimum Gasteiger partial charge on any atom is -0.481 e. The smallest absolute Gasteiger partial charge is 0.326 e. The van der Waals surface area contributed by atoms with Crippen molar-refractivity contribution in [2.24, 2.45) is 27.9 Å². The Morgan fingerprint density at radius 3 is 1.92 bits per heavy atom. The molecule has 17 heteroatoms. The first-order valence-corrected chi connectivity index (χ1v) is 12.6. The van der Waals surface area contributed by atoms with Crippen LogP contribution in [0.15, 0.2) is 4.99 Å². The lowest BCUT2D eigenvalue weighted by atomic mass is 10.1. The Hall–Kier alpha value is -3.60. The van der Waals surface area contributed by atoms with Crippen molar-refractivity contribution in [1.82, 2.24) is 16.0 Å². The van der Waals surface area contributed by atoms with E-state index in [1.807, 2.05) is 6.26 Å². The summed E-state index contributed by atoms with van der Waals surface area (Å²) in [6.45, 7) is 0.0948. The molecule has 0 saturated heterocycles. The van der Waals surface area contributed by atoms with Crippen LogP contribution in [0, 0.1) is 0 Å². The van der Waals surface area contributed by atoms with Crippen LogP contribution in [0.2, 0.25) is 0 Å². The van der Waals surface area contributed by atoms with Gasteiger partial charge in [0.1, 0.15) is 18.1 Å². The molecule has 0 aliphatic carbocycles. The van der Waals surface area contributed by atoms with E-state index in [0.29, 0.717) is 12.2 Å². The van der Waals surface area contributed by atoms with Crippen molar-refractivity contribution in [2.45, 2.75) is 62.7 Å². The zero-order valence-corrected chi connectivity index (χ0v) is 21.3. The average Bonchev–Trinajstić information content (AvgIpc) is 2.80. The first-order valence-electron chi connectivity index (χ1n) is 11.2. The molecule has 0 spiro atoms. The molecule has 4 amide bonds. The van der Waals surface area contributed by atoms with Crippen LogP contribution in [0.5, 0.6) is 0 Å². The summed E-state index contributed by atoms with van der Waals surface area (Å²) in [7, 11) is 0. The van der Waals surface area contributed by atoms with Gasteiger partial charge >= 0.3 is 11.9 Å². The number of aliphatic carboxylic acids is 2. The van der Waals surface area contributed by atoms with Gasteiger partial charge in [0.15, 0.2) is 5.96 Å². The van der Waals surface area contributed by atoms with Gasteiger partial charge in [-0.3, -0.25) is 29.0 Å². The van der Waals surface area contributed by atoms with E-state index in [9.17, 15) is 39.0 Å². The Kier molecular flexibility index (Phi) is 16.0. The van der Waals surface area contributed by atoms with E-state index in [-0.39, 0.29) is 38.2 Å². The van der Waals surface area contributed by atoms with Crippen LogP contribution in [0.4, 0.5) is 0 Å². The molecule has 0 heterocycles. The van der Waals surface area contributed by atoms with Gasteiger partial charge < -0.3 is 49.1 Å². The van der Waals surface area contributed by atoms with Gasteiger partial charge in [-0.1, -0.05) is 0 Å². The number of hydrogen-bond acceptors (Lipinski definition) is 9. The predicted octanol–water partition coefficient (Wildman–Crippen LogP) is -3.60. The molecule has 0 saturated carbocycles. The predicted molar refractivity (Wildman–Crippen MR) is 135 cm³/mol. The number of thioether (sulfide) groups is 1. The van der Waals surface area contributed by atoms with Crippen molar-refractivity contribution in [1.29, 1.82) is 0 Å². The van der Waals surface area contributed by atoms with E-state index < -0.39 is 66.2 Å². The van der Waals surface area contributed by atoms with Crippen molar-refractivity contribution in [3.8, 4) is 0 Å². The normalized spacial score (nSPS) is 13.8. The fraction of sp³-hybridized carbons (Fsp3) is 0.650. The lowest BCUT2D eigenvalue weighted by Crippen LogP contribution is -2.57. The van der Waals surface area contributed by atoms with Crippen molar-refractivity contribution in [2.75, 3.05) is 18.6 Å². The lowest BCUT2D eigenvalue weighted by Gasteiger charge is -2.24. The van der Waals surface area contributed by atoms with Crippen LogP contribution in [-0.4, -0.2) is 94.5 Å². The molecular formula is C20H36N8O8S. The number of carbonyl (C=O) groups excluding carboxylic acids is 4. The quantitative estimate of drug-likeness (QED) is 0.0429. The summed E-state index contributed by atoms with van der Waals surface area (Å²) in [5.74, 6) is -5.99. The van der Waals surface area contributed by atoms with Gasteiger partial charge in [-0.25, -0.2) is 4.79 Å². The number of primary amides is 1. The Labute approximate surface area is 217 Å². The molecule has 13 N–H and O–H groups in total. The van der Waals surface area contributed by atoms with E-state index in [1.54, 1.807) is 0 Å². The molecule has 0 aromatic rings. The van der Waals surface area contributed by atoms with E-state index >= 15 is 0 Å². The first-order chi connectivity index (χ1) is 17.3. The fourth-order valence-corrected chi connectivity index (χ4v) is 3.39. The third kappa shape index (κ3) is 15.2. The molecule has 0 aromatic heterocycles. The third-order valence-electron chi connectivity index (χ3n) is 4.85. The molecule has 16 nitrogen and oxygen atoms in total. The number of nitrogens with two attached hydrogens (primary N) is 4. The van der Waals surface area contributed by atoms with E-state index in [1.165, 1.54) is 11.8 Å². The number of nitrogens with zero attached hydrogens (tertiary/aromatic N) is 1. The molecule has 0 radical (unpaired) electrons. The van der Waals surface area contributed by atoms with Crippen LogP contribution < -0.4 is 38.9 Å². The molecule has 0 aliphatic heterocycles. The second-order valence-electron chi connectivity index (χ2n) is 7.96. The first kappa shape index (κ1) is 33.4. The molecule has 0 rings (SSSR count). The molecule has 4 unspecified atom stereocenters. The maximum Gasteiger partial charge on any atom is 0.326 e. The number of hydrogen-bond donors (Lipinski definition) is 9. The molecule has 4 atom stereocenters. The van der Waals surface area contributed by atoms with Crippen molar-refractivity contribution in [3.05, 3.63) is 0 Å². The van der Waals surface area contributed by atoms with E-state index in [4.69, 9.17) is 22.9 Å². The number of carboxylic acid groups (broad SMARTS) is 2. The van der Waals surface area contributed by atoms with Gasteiger partial charge in [-0.15, -0.1) is 0 Å². The SMILES string of the molecule is CSCCC(N)C(=O)NC(CCC(N)=O)C(=O)NC(CC(=O)O)C(=O)NC(CCCN=C(N)N)C(=O)O. The number of aliphatic imine (C=N–C) groups is 1. The number of carbonyl (C=O) groups is 6. The highest BCUT2D eigenvalue weighted by molar-refractivity contribution is 7.98. The van der Waals surface area contributed by atoms with E-state index in [2.05, 4.69) is 20.9 Å². The maximum atomic E-state index is 12.9. The summed E-state index contributed by atoms with van der Waals surface area (Å²) in [5.41, 5.74) is 21.3. The number of rotatable bonds is 19. The topological polar surface area (TPSA) is 295 Å². The Balaban J connectivity index is 5.51. The van der Waals surface area contributed by atoms with Gasteiger partial charge in [0, 0.05) is 13.0 Å². The van der Waals surface area contributed by atoms with Crippen LogP contribution in [0.1, 0.15) is 38.5 Å². The summed E-state index contributed by atoms with van der Waals surface area (Å²) in [6.07, 6.45) is 0.792. The Bertz CT molecular complexity index is 852. The molecular weight excluding hydrogens is 512 g/mol. The number of guanidine groups is 1. The minimum absolute atomic E-state index is 0.0865. The Morgan fingerprint density at radius 2 is 1.41 bits per heavy atom. The van der Waals surface area contributed by atoms with Gasteiger partial charge in [0.2, 0.25) is 23.6 Å². The molecule has 37 heavy (non-hydrogen) atoms. The zero-order valence-electron chi connectivity index (χ0n) is 20.5. The van der Waals surface area contributed by atoms with Crippen molar-refractivity contribution >= 4 is 53.3 Å². The third-order valence-corrected chi connectivity index (χ3v) is 5.50. The summed E-state index contributed by atoms with van der Waals surface area (Å²) < 4.78 is 0. The summed E-state index contributed by atoms with van der Waals surface area (Å²) >= 11 is 1.46. The fourth-order valence-electron chi connectivity index (χ4n) is 2.90.